The first-order valence-corrected chi connectivity index (χ1v) is 7.74. The van der Waals surface area contributed by atoms with Crippen LogP contribution >= 0.6 is 0 Å². The molecule has 0 radical (unpaired) electrons. The van der Waals surface area contributed by atoms with Gasteiger partial charge >= 0.3 is 0 Å². The Morgan fingerprint density at radius 2 is 2.00 bits per heavy atom. The van der Waals surface area contributed by atoms with Crippen LogP contribution in [0.4, 0.5) is 0 Å². The molecule has 1 saturated carbocycles. The number of ether oxygens (including phenoxy) is 1. The lowest BCUT2D eigenvalue weighted by molar-refractivity contribution is 0.357. The molecule has 2 heteroatoms. The maximum absolute atomic E-state index is 5.99. The highest BCUT2D eigenvalue weighted by molar-refractivity contribution is 5.87. The molecule has 0 saturated heterocycles. The van der Waals surface area contributed by atoms with Gasteiger partial charge in [0.2, 0.25) is 0 Å². The van der Waals surface area contributed by atoms with Gasteiger partial charge in [0, 0.05) is 18.2 Å². The van der Waals surface area contributed by atoms with Crippen LogP contribution in [0.2, 0.25) is 0 Å². The van der Waals surface area contributed by atoms with E-state index in [2.05, 4.69) is 61.6 Å². The monoisotopic (exact) mass is 281 g/mol. The Bertz CT molecular complexity index is 652. The van der Waals surface area contributed by atoms with Crippen molar-refractivity contribution in [2.45, 2.75) is 39.3 Å². The van der Waals surface area contributed by atoms with Crippen molar-refractivity contribution in [3.8, 4) is 5.75 Å². The fourth-order valence-electron chi connectivity index (χ4n) is 2.47. The molecule has 2 aromatic rings. The van der Waals surface area contributed by atoms with Gasteiger partial charge in [-0.15, -0.1) is 0 Å². The standard InChI is InChI=1S/C19H23NO/c1-14(2)11-12-21-19-10-7-15-5-3-4-6-17(15)18(19)13-20-16-8-9-16/h3-7,10-11,16,20H,8-9,12-13H2,1-2H3. The third-order valence-electron chi connectivity index (χ3n) is 3.87. The van der Waals surface area contributed by atoms with Gasteiger partial charge in [-0.2, -0.15) is 0 Å². The van der Waals surface area contributed by atoms with Crippen molar-refractivity contribution in [3.63, 3.8) is 0 Å². The Balaban J connectivity index is 1.88. The van der Waals surface area contributed by atoms with Crippen LogP contribution in [0.3, 0.4) is 0 Å². The minimum Gasteiger partial charge on any atom is -0.489 e. The number of hydrogen-bond donors (Lipinski definition) is 1. The second-order valence-electron chi connectivity index (χ2n) is 6.01. The van der Waals surface area contributed by atoms with Crippen LogP contribution in [0.5, 0.6) is 5.75 Å². The predicted molar refractivity (Wildman–Crippen MR) is 88.7 cm³/mol. The number of fused-ring (bicyclic) bond motifs is 1. The van der Waals surface area contributed by atoms with E-state index in [1.54, 1.807) is 0 Å². The fraction of sp³-hybridized carbons (Fsp3) is 0.368. The number of hydrogen-bond acceptors (Lipinski definition) is 2. The molecule has 2 nitrogen and oxygen atoms in total. The molecule has 0 amide bonds. The molecule has 0 aromatic heterocycles. The van der Waals surface area contributed by atoms with E-state index in [-0.39, 0.29) is 0 Å². The van der Waals surface area contributed by atoms with Crippen LogP contribution in [-0.2, 0) is 6.54 Å². The normalized spacial score (nSPS) is 14.2. The fourth-order valence-corrected chi connectivity index (χ4v) is 2.47. The summed E-state index contributed by atoms with van der Waals surface area (Å²) in [4.78, 5) is 0. The van der Waals surface area contributed by atoms with Gasteiger partial charge in [0.25, 0.3) is 0 Å². The third-order valence-corrected chi connectivity index (χ3v) is 3.87. The molecule has 0 atom stereocenters. The van der Waals surface area contributed by atoms with Gasteiger partial charge in [-0.25, -0.2) is 0 Å². The van der Waals surface area contributed by atoms with Crippen LogP contribution in [0, 0.1) is 0 Å². The van der Waals surface area contributed by atoms with Crippen LogP contribution in [-0.4, -0.2) is 12.6 Å². The van der Waals surface area contributed by atoms with Crippen LogP contribution in [0.1, 0.15) is 32.3 Å². The van der Waals surface area contributed by atoms with Crippen LogP contribution < -0.4 is 10.1 Å². The Hall–Kier alpha value is -1.80. The predicted octanol–water partition coefficient (Wildman–Crippen LogP) is 4.44. The summed E-state index contributed by atoms with van der Waals surface area (Å²) in [7, 11) is 0. The molecular weight excluding hydrogens is 258 g/mol. The molecule has 1 N–H and O–H groups in total. The first kappa shape index (κ1) is 14.2. The summed E-state index contributed by atoms with van der Waals surface area (Å²) in [6.07, 6.45) is 4.73. The van der Waals surface area contributed by atoms with Crippen LogP contribution in [0.15, 0.2) is 48.0 Å². The Kier molecular flexibility index (Phi) is 4.26. The average Bonchev–Trinajstić information content (AvgIpc) is 3.29. The summed E-state index contributed by atoms with van der Waals surface area (Å²) in [5, 5.41) is 6.18. The van der Waals surface area contributed by atoms with E-state index in [1.165, 1.54) is 34.8 Å². The van der Waals surface area contributed by atoms with E-state index in [1.807, 2.05) is 0 Å². The van der Waals surface area contributed by atoms with Crippen molar-refractivity contribution < 1.29 is 4.74 Å². The molecule has 1 aliphatic rings. The third kappa shape index (κ3) is 3.64. The number of rotatable bonds is 6. The minimum absolute atomic E-state index is 0.636. The summed E-state index contributed by atoms with van der Waals surface area (Å²) < 4.78 is 5.99. The van der Waals surface area contributed by atoms with Crippen molar-refractivity contribution in [2.24, 2.45) is 0 Å². The SMILES string of the molecule is CC(C)=CCOc1ccc2ccccc2c1CNC1CC1. The van der Waals surface area contributed by atoms with Gasteiger partial charge in [-0.05, 0) is 49.6 Å². The zero-order valence-electron chi connectivity index (χ0n) is 12.9. The van der Waals surface area contributed by atoms with Gasteiger partial charge in [0.05, 0.1) is 0 Å². The molecule has 0 bridgehead atoms. The largest absolute Gasteiger partial charge is 0.489 e. The zero-order valence-corrected chi connectivity index (χ0v) is 12.9. The molecule has 0 unspecified atom stereocenters. The van der Waals surface area contributed by atoms with Gasteiger partial charge in [-0.3, -0.25) is 0 Å². The second kappa shape index (κ2) is 6.31. The highest BCUT2D eigenvalue weighted by Crippen LogP contribution is 2.29. The van der Waals surface area contributed by atoms with Crippen molar-refractivity contribution >= 4 is 10.8 Å². The first-order chi connectivity index (χ1) is 10.2. The lowest BCUT2D eigenvalue weighted by Gasteiger charge is -2.14. The second-order valence-corrected chi connectivity index (χ2v) is 6.01. The Morgan fingerprint density at radius 1 is 1.19 bits per heavy atom. The van der Waals surface area contributed by atoms with Crippen molar-refractivity contribution in [1.82, 2.24) is 5.32 Å². The average molecular weight is 281 g/mol. The highest BCUT2D eigenvalue weighted by atomic mass is 16.5. The molecule has 3 rings (SSSR count). The highest BCUT2D eigenvalue weighted by Gasteiger charge is 2.21. The Morgan fingerprint density at radius 3 is 2.76 bits per heavy atom. The number of benzene rings is 2. The molecule has 0 heterocycles. The molecule has 1 aliphatic carbocycles. The van der Waals surface area contributed by atoms with Crippen molar-refractivity contribution in [1.29, 1.82) is 0 Å². The van der Waals surface area contributed by atoms with Gasteiger partial charge in [-0.1, -0.05) is 35.9 Å². The van der Waals surface area contributed by atoms with Crippen molar-refractivity contribution in [3.05, 3.63) is 53.6 Å². The lowest BCUT2D eigenvalue weighted by Crippen LogP contribution is -2.16. The Labute approximate surface area is 126 Å². The molecule has 2 aromatic carbocycles. The van der Waals surface area contributed by atoms with E-state index in [4.69, 9.17) is 4.74 Å². The molecule has 21 heavy (non-hydrogen) atoms. The topological polar surface area (TPSA) is 21.3 Å². The number of allylic oxidation sites excluding steroid dienone is 1. The van der Waals surface area contributed by atoms with Gasteiger partial charge in [0.1, 0.15) is 12.4 Å². The van der Waals surface area contributed by atoms with E-state index in [0.29, 0.717) is 12.6 Å². The van der Waals surface area contributed by atoms with E-state index >= 15 is 0 Å². The van der Waals surface area contributed by atoms with Crippen molar-refractivity contribution in [2.75, 3.05) is 6.61 Å². The minimum atomic E-state index is 0.636. The molecular formula is C19H23NO. The number of nitrogens with one attached hydrogen (secondary N) is 1. The summed E-state index contributed by atoms with van der Waals surface area (Å²) in [6.45, 7) is 5.71. The molecule has 1 fully saturated rings. The lowest BCUT2D eigenvalue weighted by atomic mass is 10.0. The van der Waals surface area contributed by atoms with Gasteiger partial charge in [0.15, 0.2) is 0 Å². The quantitative estimate of drug-likeness (QED) is 0.791. The smallest absolute Gasteiger partial charge is 0.124 e. The summed E-state index contributed by atoms with van der Waals surface area (Å²) in [5.41, 5.74) is 2.57. The first-order valence-electron chi connectivity index (χ1n) is 7.74. The molecule has 0 spiro atoms. The molecule has 110 valence electrons. The summed E-state index contributed by atoms with van der Waals surface area (Å²) in [5.74, 6) is 0.999. The van der Waals surface area contributed by atoms with Gasteiger partial charge < -0.3 is 10.1 Å². The van der Waals surface area contributed by atoms with E-state index in [9.17, 15) is 0 Å². The maximum atomic E-state index is 5.99. The van der Waals surface area contributed by atoms with E-state index < -0.39 is 0 Å². The maximum Gasteiger partial charge on any atom is 0.124 e. The summed E-state index contributed by atoms with van der Waals surface area (Å²) >= 11 is 0. The van der Waals surface area contributed by atoms with Crippen LogP contribution in [0.25, 0.3) is 10.8 Å². The van der Waals surface area contributed by atoms with E-state index in [0.717, 1.165) is 12.3 Å². The zero-order chi connectivity index (χ0) is 14.7. The summed E-state index contributed by atoms with van der Waals surface area (Å²) in [6, 6.07) is 13.5. The molecule has 0 aliphatic heterocycles.